The van der Waals surface area contributed by atoms with Crippen LogP contribution in [0.25, 0.3) is 0 Å². The lowest BCUT2D eigenvalue weighted by molar-refractivity contribution is -0.527. The van der Waals surface area contributed by atoms with E-state index in [2.05, 4.69) is 0 Å². The van der Waals surface area contributed by atoms with E-state index in [0.717, 1.165) is 0 Å². The van der Waals surface area contributed by atoms with Gasteiger partial charge in [0, 0.05) is 11.3 Å². The Labute approximate surface area is 128 Å². The summed E-state index contributed by atoms with van der Waals surface area (Å²) in [4.78, 5) is 33.2. The Kier molecular flexibility index (Phi) is 7.01. The summed E-state index contributed by atoms with van der Waals surface area (Å²) in [7, 11) is 0. The molecule has 0 saturated heterocycles. The third-order valence-corrected chi connectivity index (χ3v) is 3.31. The second kappa shape index (κ2) is 8.76. The van der Waals surface area contributed by atoms with Gasteiger partial charge in [0.25, 0.3) is 0 Å². The molecule has 1 rings (SSSR count). The number of esters is 1. The van der Waals surface area contributed by atoms with Crippen LogP contribution in [-0.2, 0) is 14.3 Å². The number of hydrogen-bond acceptors (Lipinski definition) is 5. The highest BCUT2D eigenvalue weighted by molar-refractivity contribution is 5.70. The molecule has 1 aromatic carbocycles. The molecule has 0 heterocycles. The first kappa shape index (κ1) is 17.6. The monoisotopic (exact) mass is 309 g/mol. The van der Waals surface area contributed by atoms with Gasteiger partial charge in [0.1, 0.15) is 0 Å². The predicted molar refractivity (Wildman–Crippen MR) is 78.1 cm³/mol. The van der Waals surface area contributed by atoms with E-state index in [1.807, 2.05) is 0 Å². The molecular formula is C15H19NO6. The van der Waals surface area contributed by atoms with E-state index in [4.69, 9.17) is 9.84 Å². The lowest BCUT2D eigenvalue weighted by atomic mass is 9.86. The quantitative estimate of drug-likeness (QED) is 0.426. The molecule has 0 aliphatic heterocycles. The van der Waals surface area contributed by atoms with Crippen LogP contribution in [0.3, 0.4) is 0 Å². The highest BCUT2D eigenvalue weighted by Crippen LogP contribution is 2.28. The predicted octanol–water partition coefficient (Wildman–Crippen LogP) is 2.23. The van der Waals surface area contributed by atoms with E-state index in [9.17, 15) is 19.7 Å². The van der Waals surface area contributed by atoms with Crippen molar-refractivity contribution in [3.05, 3.63) is 46.0 Å². The van der Waals surface area contributed by atoms with Crippen molar-refractivity contribution in [2.45, 2.75) is 38.1 Å². The summed E-state index contributed by atoms with van der Waals surface area (Å²) >= 11 is 0. The highest BCUT2D eigenvalue weighted by Gasteiger charge is 2.35. The molecule has 2 atom stereocenters. The van der Waals surface area contributed by atoms with Gasteiger partial charge < -0.3 is 9.84 Å². The summed E-state index contributed by atoms with van der Waals surface area (Å²) in [5, 5.41) is 20.1. The maximum absolute atomic E-state index is 11.7. The molecule has 0 spiro atoms. The minimum Gasteiger partial charge on any atom is -0.481 e. The van der Waals surface area contributed by atoms with Crippen LogP contribution >= 0.6 is 0 Å². The minimum atomic E-state index is -1.15. The number of nitro groups is 1. The van der Waals surface area contributed by atoms with Crippen LogP contribution in [0.2, 0.25) is 0 Å². The summed E-state index contributed by atoms with van der Waals surface area (Å²) in [5.74, 6) is -2.34. The highest BCUT2D eigenvalue weighted by atomic mass is 16.6. The van der Waals surface area contributed by atoms with Gasteiger partial charge in [0.2, 0.25) is 6.04 Å². The lowest BCUT2D eigenvalue weighted by Crippen LogP contribution is -2.30. The molecule has 2 unspecified atom stereocenters. The van der Waals surface area contributed by atoms with E-state index >= 15 is 0 Å². The molecule has 0 aliphatic rings. The van der Waals surface area contributed by atoms with Crippen molar-refractivity contribution < 1.29 is 24.4 Å². The largest absolute Gasteiger partial charge is 0.481 e. The molecule has 1 N–H and O–H groups in total. The molecule has 0 aliphatic carbocycles. The van der Waals surface area contributed by atoms with Crippen LogP contribution in [0.4, 0.5) is 0 Å². The molecule has 7 heteroatoms. The fourth-order valence-corrected chi connectivity index (χ4v) is 2.30. The zero-order valence-electron chi connectivity index (χ0n) is 12.3. The zero-order chi connectivity index (χ0) is 16.5. The Morgan fingerprint density at radius 1 is 1.32 bits per heavy atom. The molecule has 7 nitrogen and oxygen atoms in total. The number of rotatable bonds is 9. The summed E-state index contributed by atoms with van der Waals surface area (Å²) in [6, 6.07) is 7.46. The third kappa shape index (κ3) is 5.51. The van der Waals surface area contributed by atoms with Crippen molar-refractivity contribution in [2.24, 2.45) is 0 Å². The first-order chi connectivity index (χ1) is 10.5. The van der Waals surface area contributed by atoms with Crippen molar-refractivity contribution in [1.29, 1.82) is 0 Å². The van der Waals surface area contributed by atoms with Crippen molar-refractivity contribution in [3.8, 4) is 0 Å². The molecule has 0 bridgehead atoms. The van der Waals surface area contributed by atoms with Crippen LogP contribution in [0.15, 0.2) is 30.3 Å². The smallest absolute Gasteiger partial charge is 0.306 e. The first-order valence-corrected chi connectivity index (χ1v) is 7.01. The molecule has 0 aromatic heterocycles. The van der Waals surface area contributed by atoms with E-state index in [-0.39, 0.29) is 25.9 Å². The fraction of sp³-hybridized carbons (Fsp3) is 0.467. The molecular weight excluding hydrogens is 290 g/mol. The number of benzene rings is 1. The maximum atomic E-state index is 11.7. The Morgan fingerprint density at radius 2 is 1.95 bits per heavy atom. The Balaban J connectivity index is 3.01. The topological polar surface area (TPSA) is 107 Å². The number of hydrogen-bond donors (Lipinski definition) is 1. The van der Waals surface area contributed by atoms with E-state index in [0.29, 0.717) is 5.56 Å². The molecule has 0 saturated carbocycles. The van der Waals surface area contributed by atoms with Crippen LogP contribution in [0, 0.1) is 10.1 Å². The van der Waals surface area contributed by atoms with Crippen molar-refractivity contribution in [2.75, 3.05) is 6.61 Å². The van der Waals surface area contributed by atoms with Crippen molar-refractivity contribution >= 4 is 11.9 Å². The zero-order valence-corrected chi connectivity index (χ0v) is 12.3. The van der Waals surface area contributed by atoms with Gasteiger partial charge in [-0.15, -0.1) is 0 Å². The van der Waals surface area contributed by atoms with E-state index in [1.54, 1.807) is 37.3 Å². The van der Waals surface area contributed by atoms with E-state index in [1.165, 1.54) is 0 Å². The summed E-state index contributed by atoms with van der Waals surface area (Å²) in [6.45, 7) is 1.85. The number of carboxylic acid groups (broad SMARTS) is 1. The average molecular weight is 309 g/mol. The second-order valence-corrected chi connectivity index (χ2v) is 4.81. The number of aliphatic carboxylic acids is 1. The standard InChI is InChI=1S/C15H19NO6/c1-2-22-15(19)10-12(11-6-4-3-5-7-11)13(16(20)21)8-9-14(17)18/h3-7,12-13H,2,8-10H2,1H3,(H,17,18). The first-order valence-electron chi connectivity index (χ1n) is 7.01. The number of nitrogens with zero attached hydrogens (tertiary/aromatic N) is 1. The molecule has 22 heavy (non-hydrogen) atoms. The van der Waals surface area contributed by atoms with Crippen molar-refractivity contribution in [3.63, 3.8) is 0 Å². The summed E-state index contributed by atoms with van der Waals surface area (Å²) in [5.41, 5.74) is 0.627. The Hall–Kier alpha value is -2.44. The molecule has 0 amide bonds. The minimum absolute atomic E-state index is 0.138. The second-order valence-electron chi connectivity index (χ2n) is 4.81. The molecule has 0 fully saturated rings. The number of ether oxygens (including phenoxy) is 1. The van der Waals surface area contributed by atoms with Crippen molar-refractivity contribution in [1.82, 2.24) is 0 Å². The number of carbonyl (C=O) groups is 2. The molecule has 0 radical (unpaired) electrons. The van der Waals surface area contributed by atoms with Crippen LogP contribution < -0.4 is 0 Å². The van der Waals surface area contributed by atoms with Gasteiger partial charge in [-0.1, -0.05) is 30.3 Å². The van der Waals surface area contributed by atoms with Gasteiger partial charge in [-0.25, -0.2) is 0 Å². The summed E-state index contributed by atoms with van der Waals surface area (Å²) in [6.07, 6.45) is -0.609. The van der Waals surface area contributed by atoms with Gasteiger partial charge in [-0.3, -0.25) is 19.7 Å². The Bertz CT molecular complexity index is 516. The number of carbonyl (C=O) groups excluding carboxylic acids is 1. The van der Waals surface area contributed by atoms with Gasteiger partial charge in [0.15, 0.2) is 0 Å². The molecule has 1 aromatic rings. The lowest BCUT2D eigenvalue weighted by Gasteiger charge is -2.20. The SMILES string of the molecule is CCOC(=O)CC(c1ccccc1)C(CCC(=O)O)[N+](=O)[O-]. The van der Waals surface area contributed by atoms with Crippen LogP contribution in [0.1, 0.15) is 37.7 Å². The number of carboxylic acids is 1. The summed E-state index contributed by atoms with van der Waals surface area (Å²) < 4.78 is 4.87. The van der Waals surface area contributed by atoms with Gasteiger partial charge in [-0.2, -0.15) is 0 Å². The fourth-order valence-electron chi connectivity index (χ4n) is 2.30. The average Bonchev–Trinajstić information content (AvgIpc) is 2.46. The third-order valence-electron chi connectivity index (χ3n) is 3.31. The van der Waals surface area contributed by atoms with Crippen LogP contribution in [0.5, 0.6) is 0 Å². The van der Waals surface area contributed by atoms with Crippen LogP contribution in [-0.4, -0.2) is 34.6 Å². The van der Waals surface area contributed by atoms with Gasteiger partial charge in [-0.05, 0) is 12.5 Å². The Morgan fingerprint density at radius 3 is 2.45 bits per heavy atom. The van der Waals surface area contributed by atoms with Gasteiger partial charge >= 0.3 is 11.9 Å². The maximum Gasteiger partial charge on any atom is 0.306 e. The molecule has 120 valence electrons. The normalized spacial score (nSPS) is 13.1. The van der Waals surface area contributed by atoms with E-state index < -0.39 is 28.8 Å². The van der Waals surface area contributed by atoms with Gasteiger partial charge in [0.05, 0.1) is 25.4 Å².